The van der Waals surface area contributed by atoms with Crippen LogP contribution in [0.4, 0.5) is 5.82 Å². The monoisotopic (exact) mass is 403 g/mol. The summed E-state index contributed by atoms with van der Waals surface area (Å²) in [5.41, 5.74) is 3.28. The number of piperazine rings is 1. The molecular formula is C25H29N3O2. The molecule has 2 aromatic carbocycles. The predicted octanol–water partition coefficient (Wildman–Crippen LogP) is 4.39. The average molecular weight is 404 g/mol. The number of aryl methyl sites for hydroxylation is 1. The summed E-state index contributed by atoms with van der Waals surface area (Å²) in [5, 5.41) is 1.14. The van der Waals surface area contributed by atoms with Crippen molar-refractivity contribution in [1.82, 2.24) is 9.88 Å². The predicted molar refractivity (Wildman–Crippen MR) is 121 cm³/mol. The number of nitrogens with zero attached hydrogens (tertiary/aromatic N) is 3. The van der Waals surface area contributed by atoms with Crippen molar-refractivity contribution in [2.24, 2.45) is 0 Å². The van der Waals surface area contributed by atoms with Crippen molar-refractivity contribution in [2.45, 2.75) is 26.7 Å². The van der Waals surface area contributed by atoms with Gasteiger partial charge in [0.05, 0.1) is 5.52 Å². The Morgan fingerprint density at radius 1 is 1.03 bits per heavy atom. The fourth-order valence-corrected chi connectivity index (χ4v) is 3.89. The van der Waals surface area contributed by atoms with Crippen molar-refractivity contribution >= 4 is 22.6 Å². The fourth-order valence-electron chi connectivity index (χ4n) is 3.89. The Hall–Kier alpha value is -3.08. The smallest absolute Gasteiger partial charge is 0.260 e. The van der Waals surface area contributed by atoms with E-state index in [1.54, 1.807) is 0 Å². The highest BCUT2D eigenvalue weighted by atomic mass is 16.5. The highest BCUT2D eigenvalue weighted by Gasteiger charge is 2.22. The van der Waals surface area contributed by atoms with E-state index in [0.29, 0.717) is 19.0 Å². The lowest BCUT2D eigenvalue weighted by atomic mass is 10.0. The van der Waals surface area contributed by atoms with Crippen LogP contribution >= 0.6 is 0 Å². The van der Waals surface area contributed by atoms with E-state index < -0.39 is 0 Å². The Kier molecular flexibility index (Phi) is 5.88. The number of carbonyl (C=O) groups is 1. The molecular weight excluding hydrogens is 374 g/mol. The number of para-hydroxylation sites is 1. The van der Waals surface area contributed by atoms with Crippen LogP contribution in [0.1, 0.15) is 30.9 Å². The molecule has 0 atom stereocenters. The Morgan fingerprint density at radius 2 is 1.80 bits per heavy atom. The van der Waals surface area contributed by atoms with Crippen molar-refractivity contribution < 1.29 is 9.53 Å². The molecule has 3 aromatic rings. The Bertz CT molecular complexity index is 1040. The van der Waals surface area contributed by atoms with Gasteiger partial charge in [-0.1, -0.05) is 44.2 Å². The van der Waals surface area contributed by atoms with Gasteiger partial charge in [-0.3, -0.25) is 4.79 Å². The highest BCUT2D eigenvalue weighted by Crippen LogP contribution is 2.27. The first-order valence-electron chi connectivity index (χ1n) is 10.6. The zero-order valence-electron chi connectivity index (χ0n) is 18.0. The van der Waals surface area contributed by atoms with Crippen LogP contribution in [0.3, 0.4) is 0 Å². The number of benzene rings is 2. The van der Waals surface area contributed by atoms with Crippen molar-refractivity contribution in [3.63, 3.8) is 0 Å². The van der Waals surface area contributed by atoms with Crippen LogP contribution < -0.4 is 9.64 Å². The lowest BCUT2D eigenvalue weighted by Gasteiger charge is -2.35. The number of aromatic nitrogens is 1. The molecule has 1 amide bonds. The molecule has 1 saturated heterocycles. The second-order valence-corrected chi connectivity index (χ2v) is 8.21. The number of ether oxygens (including phenoxy) is 1. The molecule has 1 aliphatic rings. The normalized spacial score (nSPS) is 14.4. The summed E-state index contributed by atoms with van der Waals surface area (Å²) in [6.45, 7) is 9.32. The SMILES string of the molecule is Cc1ccc(C(C)C)c(OCC(=O)N2CCN(c3ccc4ccccc4n3)CC2)c1. The quantitative estimate of drug-likeness (QED) is 0.634. The molecule has 0 saturated carbocycles. The third-order valence-corrected chi connectivity index (χ3v) is 5.68. The zero-order valence-corrected chi connectivity index (χ0v) is 18.0. The number of carbonyl (C=O) groups excluding carboxylic acids is 1. The maximum Gasteiger partial charge on any atom is 0.260 e. The largest absolute Gasteiger partial charge is 0.483 e. The molecule has 0 N–H and O–H groups in total. The topological polar surface area (TPSA) is 45.7 Å². The van der Waals surface area contributed by atoms with Crippen LogP contribution in [0.5, 0.6) is 5.75 Å². The van der Waals surface area contributed by atoms with Gasteiger partial charge in [0, 0.05) is 31.6 Å². The van der Waals surface area contributed by atoms with Gasteiger partial charge in [-0.25, -0.2) is 4.98 Å². The minimum Gasteiger partial charge on any atom is -0.483 e. The van der Waals surface area contributed by atoms with Crippen LogP contribution in [0.15, 0.2) is 54.6 Å². The van der Waals surface area contributed by atoms with Crippen LogP contribution in [0.25, 0.3) is 10.9 Å². The lowest BCUT2D eigenvalue weighted by molar-refractivity contribution is -0.133. The van der Waals surface area contributed by atoms with Crippen LogP contribution in [-0.2, 0) is 4.79 Å². The summed E-state index contributed by atoms with van der Waals surface area (Å²) < 4.78 is 5.94. The van der Waals surface area contributed by atoms with Gasteiger partial charge in [-0.2, -0.15) is 0 Å². The van der Waals surface area contributed by atoms with E-state index in [0.717, 1.165) is 46.7 Å². The molecule has 156 valence electrons. The molecule has 5 nitrogen and oxygen atoms in total. The van der Waals surface area contributed by atoms with E-state index in [1.807, 2.05) is 36.1 Å². The third kappa shape index (κ3) is 4.40. The molecule has 0 unspecified atom stereocenters. The molecule has 2 heterocycles. The molecule has 1 aliphatic heterocycles. The van der Waals surface area contributed by atoms with Crippen molar-refractivity contribution in [3.8, 4) is 5.75 Å². The number of fused-ring (bicyclic) bond motifs is 1. The van der Waals surface area contributed by atoms with Crippen molar-refractivity contribution in [3.05, 3.63) is 65.7 Å². The maximum absolute atomic E-state index is 12.7. The van der Waals surface area contributed by atoms with E-state index in [4.69, 9.17) is 9.72 Å². The molecule has 0 spiro atoms. The number of anilines is 1. The van der Waals surface area contributed by atoms with E-state index in [-0.39, 0.29) is 12.5 Å². The highest BCUT2D eigenvalue weighted by molar-refractivity contribution is 5.80. The van der Waals surface area contributed by atoms with Gasteiger partial charge >= 0.3 is 0 Å². The number of hydrogen-bond acceptors (Lipinski definition) is 4. The number of pyridine rings is 1. The Morgan fingerprint density at radius 3 is 2.57 bits per heavy atom. The van der Waals surface area contributed by atoms with Crippen LogP contribution in [-0.4, -0.2) is 48.6 Å². The first-order valence-corrected chi connectivity index (χ1v) is 10.6. The second-order valence-electron chi connectivity index (χ2n) is 8.21. The summed E-state index contributed by atoms with van der Waals surface area (Å²) in [6.07, 6.45) is 0. The third-order valence-electron chi connectivity index (χ3n) is 5.68. The summed E-state index contributed by atoms with van der Waals surface area (Å²) in [6, 6.07) is 18.5. The zero-order chi connectivity index (χ0) is 21.1. The molecule has 30 heavy (non-hydrogen) atoms. The summed E-state index contributed by atoms with van der Waals surface area (Å²) >= 11 is 0. The second kappa shape index (κ2) is 8.74. The summed E-state index contributed by atoms with van der Waals surface area (Å²) in [7, 11) is 0. The fraction of sp³-hybridized carbons (Fsp3) is 0.360. The minimum atomic E-state index is 0.0392. The van der Waals surface area contributed by atoms with Gasteiger partial charge < -0.3 is 14.5 Å². The number of hydrogen-bond donors (Lipinski definition) is 0. The van der Waals surface area contributed by atoms with Crippen LogP contribution in [0, 0.1) is 6.92 Å². The van der Waals surface area contributed by atoms with Crippen LogP contribution in [0.2, 0.25) is 0 Å². The minimum absolute atomic E-state index is 0.0392. The molecule has 1 aromatic heterocycles. The Labute approximate surface area is 178 Å². The van der Waals surface area contributed by atoms with Gasteiger partial charge in [-0.05, 0) is 48.2 Å². The maximum atomic E-state index is 12.7. The molecule has 0 radical (unpaired) electrons. The standard InChI is InChI=1S/C25H29N3O2/c1-18(2)21-10-8-19(3)16-23(21)30-17-25(29)28-14-12-27(13-15-28)24-11-9-20-6-4-5-7-22(20)26-24/h4-11,16,18H,12-15,17H2,1-3H3. The molecule has 5 heteroatoms. The van der Waals surface area contributed by atoms with Gasteiger partial charge in [0.2, 0.25) is 0 Å². The summed E-state index contributed by atoms with van der Waals surface area (Å²) in [4.78, 5) is 21.6. The first kappa shape index (κ1) is 20.2. The average Bonchev–Trinajstić information content (AvgIpc) is 2.77. The van der Waals surface area contributed by atoms with E-state index in [1.165, 1.54) is 0 Å². The van der Waals surface area contributed by atoms with Gasteiger partial charge in [0.25, 0.3) is 5.91 Å². The van der Waals surface area contributed by atoms with E-state index in [9.17, 15) is 4.79 Å². The molecule has 4 rings (SSSR count). The first-order chi connectivity index (χ1) is 14.5. The van der Waals surface area contributed by atoms with E-state index >= 15 is 0 Å². The number of amides is 1. The number of rotatable bonds is 5. The van der Waals surface area contributed by atoms with Gasteiger partial charge in [0.15, 0.2) is 6.61 Å². The molecule has 0 bridgehead atoms. The molecule has 0 aliphatic carbocycles. The van der Waals surface area contributed by atoms with Crippen molar-refractivity contribution in [2.75, 3.05) is 37.7 Å². The van der Waals surface area contributed by atoms with Gasteiger partial charge in [0.1, 0.15) is 11.6 Å². The van der Waals surface area contributed by atoms with Crippen molar-refractivity contribution in [1.29, 1.82) is 0 Å². The summed E-state index contributed by atoms with van der Waals surface area (Å²) in [5.74, 6) is 2.18. The van der Waals surface area contributed by atoms with E-state index in [2.05, 4.69) is 49.1 Å². The van der Waals surface area contributed by atoms with Gasteiger partial charge in [-0.15, -0.1) is 0 Å². The Balaban J connectivity index is 1.35. The molecule has 1 fully saturated rings. The lowest BCUT2D eigenvalue weighted by Crippen LogP contribution is -2.50.